The Bertz CT molecular complexity index is 358. The van der Waals surface area contributed by atoms with E-state index < -0.39 is 0 Å². The molecule has 1 saturated carbocycles. The third kappa shape index (κ3) is 3.81. The predicted octanol–water partition coefficient (Wildman–Crippen LogP) is 4.45. The summed E-state index contributed by atoms with van der Waals surface area (Å²) in [4.78, 5) is 0. The van der Waals surface area contributed by atoms with E-state index in [4.69, 9.17) is 0 Å². The van der Waals surface area contributed by atoms with Crippen LogP contribution in [0.3, 0.4) is 0 Å². The van der Waals surface area contributed by atoms with Crippen LogP contribution < -0.4 is 5.32 Å². The van der Waals surface area contributed by atoms with Crippen molar-refractivity contribution < 1.29 is 4.39 Å². The highest BCUT2D eigenvalue weighted by Crippen LogP contribution is 2.33. The molecule has 2 rings (SSSR count). The Balaban J connectivity index is 2.03. The molecule has 0 amide bonds. The summed E-state index contributed by atoms with van der Waals surface area (Å²) in [6.07, 6.45) is 7.71. The quantitative estimate of drug-likeness (QED) is 0.785. The first-order valence-corrected chi connectivity index (χ1v) is 7.28. The van der Waals surface area contributed by atoms with Crippen LogP contribution in [0, 0.1) is 11.7 Å². The minimum atomic E-state index is -0.123. The van der Waals surface area contributed by atoms with Crippen molar-refractivity contribution >= 4 is 0 Å². The Morgan fingerprint density at radius 1 is 1.33 bits per heavy atom. The van der Waals surface area contributed by atoms with Gasteiger partial charge in [0.05, 0.1) is 0 Å². The van der Waals surface area contributed by atoms with Crippen molar-refractivity contribution in [1.82, 2.24) is 5.32 Å². The second-order valence-corrected chi connectivity index (χ2v) is 5.45. The van der Waals surface area contributed by atoms with E-state index >= 15 is 0 Å². The molecule has 1 aromatic rings. The number of nitrogens with one attached hydrogen (secondary N) is 1. The van der Waals surface area contributed by atoms with E-state index in [1.54, 1.807) is 6.07 Å². The number of hydrogen-bond acceptors (Lipinski definition) is 1. The zero-order valence-electron chi connectivity index (χ0n) is 11.3. The molecule has 1 unspecified atom stereocenters. The highest BCUT2D eigenvalue weighted by atomic mass is 19.1. The van der Waals surface area contributed by atoms with E-state index in [2.05, 4.69) is 12.2 Å². The summed E-state index contributed by atoms with van der Waals surface area (Å²) in [6.45, 7) is 3.18. The second kappa shape index (κ2) is 6.89. The first kappa shape index (κ1) is 13.5. The maximum absolute atomic E-state index is 13.3. The molecule has 0 bridgehead atoms. The molecule has 1 aliphatic rings. The van der Waals surface area contributed by atoms with Crippen molar-refractivity contribution in [3.63, 3.8) is 0 Å². The minimum absolute atomic E-state index is 0.123. The summed E-state index contributed by atoms with van der Waals surface area (Å²) >= 11 is 0. The molecular weight excluding hydrogens is 225 g/mol. The lowest BCUT2D eigenvalue weighted by molar-refractivity contribution is 0.394. The molecule has 0 aromatic heterocycles. The molecule has 1 aliphatic carbocycles. The maximum Gasteiger partial charge on any atom is 0.123 e. The standard InChI is InChI=1S/C16H24FN/c1-2-10-18-16(11-13-6-3-4-7-13)14-8-5-9-15(17)12-14/h5,8-9,12-13,16,18H,2-4,6-7,10-11H2,1H3. The van der Waals surface area contributed by atoms with E-state index in [1.807, 2.05) is 12.1 Å². The molecule has 2 heteroatoms. The average molecular weight is 249 g/mol. The Hall–Kier alpha value is -0.890. The van der Waals surface area contributed by atoms with Crippen LogP contribution in [-0.4, -0.2) is 6.54 Å². The van der Waals surface area contributed by atoms with Crippen molar-refractivity contribution in [3.8, 4) is 0 Å². The predicted molar refractivity (Wildman–Crippen MR) is 74.0 cm³/mol. The smallest absolute Gasteiger partial charge is 0.123 e. The van der Waals surface area contributed by atoms with Crippen LogP contribution in [0.5, 0.6) is 0 Å². The number of rotatable bonds is 6. The Morgan fingerprint density at radius 3 is 2.78 bits per heavy atom. The van der Waals surface area contributed by atoms with Gasteiger partial charge in [0.1, 0.15) is 5.82 Å². The molecule has 0 aliphatic heterocycles. The van der Waals surface area contributed by atoms with Gasteiger partial charge in [-0.15, -0.1) is 0 Å². The number of benzene rings is 1. The molecule has 1 nitrogen and oxygen atoms in total. The molecule has 0 saturated heterocycles. The topological polar surface area (TPSA) is 12.0 Å². The van der Waals surface area contributed by atoms with Gasteiger partial charge in [-0.25, -0.2) is 4.39 Å². The Kier molecular flexibility index (Phi) is 5.18. The lowest BCUT2D eigenvalue weighted by atomic mass is 9.93. The summed E-state index contributed by atoms with van der Waals surface area (Å²) in [7, 11) is 0. The molecule has 1 fully saturated rings. The summed E-state index contributed by atoms with van der Waals surface area (Å²) in [5, 5.41) is 3.57. The zero-order valence-corrected chi connectivity index (χ0v) is 11.3. The lowest BCUT2D eigenvalue weighted by Gasteiger charge is -2.22. The Morgan fingerprint density at radius 2 is 2.11 bits per heavy atom. The Labute approximate surface area is 110 Å². The van der Waals surface area contributed by atoms with Gasteiger partial charge in [-0.05, 0) is 43.0 Å². The number of halogens is 1. The molecular formula is C16H24FN. The van der Waals surface area contributed by atoms with Crippen LogP contribution in [0.4, 0.5) is 4.39 Å². The largest absolute Gasteiger partial charge is 0.310 e. The summed E-state index contributed by atoms with van der Waals surface area (Å²) in [5.41, 5.74) is 1.11. The molecule has 0 radical (unpaired) electrons. The molecule has 18 heavy (non-hydrogen) atoms. The third-order valence-corrected chi connectivity index (χ3v) is 3.94. The van der Waals surface area contributed by atoms with Crippen molar-refractivity contribution in [2.45, 2.75) is 51.5 Å². The molecule has 100 valence electrons. The second-order valence-electron chi connectivity index (χ2n) is 5.45. The summed E-state index contributed by atoms with van der Waals surface area (Å²) in [5.74, 6) is 0.699. The van der Waals surface area contributed by atoms with Gasteiger partial charge in [-0.1, -0.05) is 44.7 Å². The van der Waals surface area contributed by atoms with E-state index in [0.717, 1.165) is 30.9 Å². The molecule has 1 aromatic carbocycles. The molecule has 1 N–H and O–H groups in total. The van der Waals surface area contributed by atoms with Crippen LogP contribution in [0.25, 0.3) is 0 Å². The normalized spacial score (nSPS) is 18.1. The van der Waals surface area contributed by atoms with E-state index in [0.29, 0.717) is 6.04 Å². The highest BCUT2D eigenvalue weighted by molar-refractivity contribution is 5.20. The van der Waals surface area contributed by atoms with E-state index in [-0.39, 0.29) is 5.82 Å². The van der Waals surface area contributed by atoms with Gasteiger partial charge in [-0.2, -0.15) is 0 Å². The zero-order chi connectivity index (χ0) is 12.8. The van der Waals surface area contributed by atoms with Gasteiger partial charge in [0.15, 0.2) is 0 Å². The van der Waals surface area contributed by atoms with Gasteiger partial charge < -0.3 is 5.32 Å². The summed E-state index contributed by atoms with van der Waals surface area (Å²) in [6, 6.07) is 7.40. The van der Waals surface area contributed by atoms with Crippen molar-refractivity contribution in [2.24, 2.45) is 5.92 Å². The van der Waals surface area contributed by atoms with Crippen LogP contribution in [0.2, 0.25) is 0 Å². The van der Waals surface area contributed by atoms with Gasteiger partial charge in [0, 0.05) is 6.04 Å². The average Bonchev–Trinajstić information content (AvgIpc) is 2.87. The highest BCUT2D eigenvalue weighted by Gasteiger charge is 2.21. The third-order valence-electron chi connectivity index (χ3n) is 3.94. The molecule has 1 atom stereocenters. The fraction of sp³-hybridized carbons (Fsp3) is 0.625. The van der Waals surface area contributed by atoms with Crippen molar-refractivity contribution in [3.05, 3.63) is 35.6 Å². The fourth-order valence-corrected chi connectivity index (χ4v) is 2.96. The van der Waals surface area contributed by atoms with Crippen molar-refractivity contribution in [2.75, 3.05) is 6.54 Å². The first-order chi connectivity index (χ1) is 8.79. The van der Waals surface area contributed by atoms with Gasteiger partial charge in [-0.3, -0.25) is 0 Å². The van der Waals surface area contributed by atoms with Crippen LogP contribution in [0.1, 0.15) is 57.1 Å². The van der Waals surface area contributed by atoms with Gasteiger partial charge >= 0.3 is 0 Å². The van der Waals surface area contributed by atoms with Crippen LogP contribution in [0.15, 0.2) is 24.3 Å². The lowest BCUT2D eigenvalue weighted by Crippen LogP contribution is -2.24. The SMILES string of the molecule is CCCNC(CC1CCCC1)c1cccc(F)c1. The molecule has 0 spiro atoms. The fourth-order valence-electron chi connectivity index (χ4n) is 2.96. The van der Waals surface area contributed by atoms with Crippen LogP contribution >= 0.6 is 0 Å². The summed E-state index contributed by atoms with van der Waals surface area (Å²) < 4.78 is 13.3. The maximum atomic E-state index is 13.3. The first-order valence-electron chi connectivity index (χ1n) is 7.28. The van der Waals surface area contributed by atoms with Crippen molar-refractivity contribution in [1.29, 1.82) is 0 Å². The molecule has 0 heterocycles. The van der Waals surface area contributed by atoms with E-state index in [9.17, 15) is 4.39 Å². The monoisotopic (exact) mass is 249 g/mol. The minimum Gasteiger partial charge on any atom is -0.310 e. The van der Waals surface area contributed by atoms with Crippen LogP contribution in [-0.2, 0) is 0 Å². The number of hydrogen-bond donors (Lipinski definition) is 1. The van der Waals surface area contributed by atoms with Gasteiger partial charge in [0.2, 0.25) is 0 Å². The van der Waals surface area contributed by atoms with Gasteiger partial charge in [0.25, 0.3) is 0 Å². The van der Waals surface area contributed by atoms with E-state index in [1.165, 1.54) is 31.7 Å².